The van der Waals surface area contributed by atoms with E-state index in [1.165, 1.54) is 19.3 Å². The quantitative estimate of drug-likeness (QED) is 0.694. The molecule has 3 heteroatoms. The SMILES string of the molecule is CC1CCCNC1C(=O)OCC1CC1. The molecule has 0 aromatic heterocycles. The molecular formula is C11H19NO2. The number of piperidine rings is 1. The Bertz CT molecular complexity index is 213. The Hall–Kier alpha value is -0.570. The molecule has 3 nitrogen and oxygen atoms in total. The average molecular weight is 197 g/mol. The molecule has 0 spiro atoms. The van der Waals surface area contributed by atoms with Crippen molar-refractivity contribution < 1.29 is 9.53 Å². The van der Waals surface area contributed by atoms with Crippen molar-refractivity contribution in [3.8, 4) is 0 Å². The summed E-state index contributed by atoms with van der Waals surface area (Å²) in [5, 5.41) is 3.24. The second-order valence-corrected chi connectivity index (χ2v) is 4.62. The summed E-state index contributed by atoms with van der Waals surface area (Å²) in [6.45, 7) is 3.71. The van der Waals surface area contributed by atoms with E-state index in [0.29, 0.717) is 18.4 Å². The Morgan fingerprint density at radius 2 is 2.21 bits per heavy atom. The second kappa shape index (κ2) is 4.30. The first-order valence-electron chi connectivity index (χ1n) is 5.67. The molecule has 1 heterocycles. The van der Waals surface area contributed by atoms with Gasteiger partial charge >= 0.3 is 5.97 Å². The predicted octanol–water partition coefficient (Wildman–Crippen LogP) is 1.33. The van der Waals surface area contributed by atoms with Gasteiger partial charge in [0.2, 0.25) is 0 Å². The Labute approximate surface area is 85.2 Å². The summed E-state index contributed by atoms with van der Waals surface area (Å²) in [7, 11) is 0. The van der Waals surface area contributed by atoms with Crippen molar-refractivity contribution in [3.05, 3.63) is 0 Å². The van der Waals surface area contributed by atoms with Crippen molar-refractivity contribution >= 4 is 5.97 Å². The van der Waals surface area contributed by atoms with Gasteiger partial charge in [0.1, 0.15) is 6.04 Å². The molecular weight excluding hydrogens is 178 g/mol. The fourth-order valence-corrected chi connectivity index (χ4v) is 1.94. The lowest BCUT2D eigenvalue weighted by molar-refractivity contribution is -0.148. The molecule has 0 bridgehead atoms. The predicted molar refractivity (Wildman–Crippen MR) is 53.9 cm³/mol. The number of nitrogens with one attached hydrogen (secondary N) is 1. The summed E-state index contributed by atoms with van der Waals surface area (Å²) in [5.41, 5.74) is 0. The summed E-state index contributed by atoms with van der Waals surface area (Å²) in [4.78, 5) is 11.7. The van der Waals surface area contributed by atoms with Gasteiger partial charge in [-0.05, 0) is 44.1 Å². The molecule has 2 unspecified atom stereocenters. The monoisotopic (exact) mass is 197 g/mol. The number of carbonyl (C=O) groups excluding carboxylic acids is 1. The lowest BCUT2D eigenvalue weighted by atomic mass is 9.93. The highest BCUT2D eigenvalue weighted by Gasteiger charge is 2.30. The molecule has 1 N–H and O–H groups in total. The van der Waals surface area contributed by atoms with Crippen LogP contribution >= 0.6 is 0 Å². The summed E-state index contributed by atoms with van der Waals surface area (Å²) in [6.07, 6.45) is 4.78. The van der Waals surface area contributed by atoms with E-state index in [4.69, 9.17) is 4.74 Å². The molecule has 2 aliphatic rings. The molecule has 1 saturated carbocycles. The maximum absolute atomic E-state index is 11.7. The molecule has 0 aromatic carbocycles. The molecule has 2 rings (SSSR count). The van der Waals surface area contributed by atoms with E-state index in [9.17, 15) is 4.79 Å². The maximum Gasteiger partial charge on any atom is 0.323 e. The normalized spacial score (nSPS) is 32.6. The van der Waals surface area contributed by atoms with Crippen LogP contribution in [0.15, 0.2) is 0 Å². The molecule has 1 aliphatic carbocycles. The van der Waals surface area contributed by atoms with E-state index < -0.39 is 0 Å². The van der Waals surface area contributed by atoms with Crippen molar-refractivity contribution in [1.29, 1.82) is 0 Å². The van der Waals surface area contributed by atoms with Crippen LogP contribution in [0.5, 0.6) is 0 Å². The number of ether oxygens (including phenoxy) is 1. The Balaban J connectivity index is 1.76. The summed E-state index contributed by atoms with van der Waals surface area (Å²) in [6, 6.07) is -0.0532. The smallest absolute Gasteiger partial charge is 0.323 e. The Kier molecular flexibility index (Phi) is 3.06. The zero-order valence-electron chi connectivity index (χ0n) is 8.79. The van der Waals surface area contributed by atoms with E-state index >= 15 is 0 Å². The van der Waals surface area contributed by atoms with Crippen LogP contribution in [0.1, 0.15) is 32.6 Å². The van der Waals surface area contributed by atoms with Gasteiger partial charge in [0.25, 0.3) is 0 Å². The van der Waals surface area contributed by atoms with Crippen LogP contribution in [0, 0.1) is 11.8 Å². The van der Waals surface area contributed by atoms with Crippen molar-refractivity contribution in [3.63, 3.8) is 0 Å². The third kappa shape index (κ3) is 2.47. The van der Waals surface area contributed by atoms with Gasteiger partial charge in [-0.2, -0.15) is 0 Å². The van der Waals surface area contributed by atoms with E-state index in [-0.39, 0.29) is 12.0 Å². The molecule has 0 aromatic rings. The van der Waals surface area contributed by atoms with Gasteiger partial charge in [0.05, 0.1) is 6.61 Å². The largest absolute Gasteiger partial charge is 0.464 e. The lowest BCUT2D eigenvalue weighted by Gasteiger charge is -2.28. The van der Waals surface area contributed by atoms with Gasteiger partial charge in [0.15, 0.2) is 0 Å². The van der Waals surface area contributed by atoms with E-state index in [2.05, 4.69) is 12.2 Å². The van der Waals surface area contributed by atoms with Gasteiger partial charge in [-0.25, -0.2) is 0 Å². The number of hydrogen-bond acceptors (Lipinski definition) is 3. The number of esters is 1. The number of carbonyl (C=O) groups is 1. The van der Waals surface area contributed by atoms with Gasteiger partial charge in [-0.15, -0.1) is 0 Å². The van der Waals surface area contributed by atoms with Crippen LogP contribution in [-0.2, 0) is 9.53 Å². The Morgan fingerprint density at radius 1 is 1.43 bits per heavy atom. The van der Waals surface area contributed by atoms with Crippen LogP contribution < -0.4 is 5.32 Å². The molecule has 80 valence electrons. The second-order valence-electron chi connectivity index (χ2n) is 4.62. The maximum atomic E-state index is 11.7. The Morgan fingerprint density at radius 3 is 2.86 bits per heavy atom. The lowest BCUT2D eigenvalue weighted by Crippen LogP contribution is -2.46. The highest BCUT2D eigenvalue weighted by Crippen LogP contribution is 2.29. The van der Waals surface area contributed by atoms with Crippen LogP contribution in [0.25, 0.3) is 0 Å². The van der Waals surface area contributed by atoms with Crippen molar-refractivity contribution in [2.45, 2.75) is 38.6 Å². The topological polar surface area (TPSA) is 38.3 Å². The van der Waals surface area contributed by atoms with E-state index in [0.717, 1.165) is 13.0 Å². The van der Waals surface area contributed by atoms with E-state index in [1.54, 1.807) is 0 Å². The van der Waals surface area contributed by atoms with Crippen LogP contribution in [0.2, 0.25) is 0 Å². The minimum atomic E-state index is -0.0532. The third-order valence-corrected chi connectivity index (χ3v) is 3.18. The highest BCUT2D eigenvalue weighted by molar-refractivity contribution is 5.76. The average Bonchev–Trinajstić information content (AvgIpc) is 2.98. The third-order valence-electron chi connectivity index (χ3n) is 3.18. The summed E-state index contributed by atoms with van der Waals surface area (Å²) >= 11 is 0. The van der Waals surface area contributed by atoms with Gasteiger partial charge in [-0.3, -0.25) is 4.79 Å². The number of hydrogen-bond donors (Lipinski definition) is 1. The standard InChI is InChI=1S/C11H19NO2/c1-8-3-2-6-12-10(8)11(13)14-7-9-4-5-9/h8-10,12H,2-7H2,1H3. The molecule has 2 fully saturated rings. The molecule has 0 amide bonds. The van der Waals surface area contributed by atoms with Gasteiger partial charge in [-0.1, -0.05) is 6.92 Å². The van der Waals surface area contributed by atoms with Crippen LogP contribution in [0.4, 0.5) is 0 Å². The van der Waals surface area contributed by atoms with E-state index in [1.807, 2.05) is 0 Å². The minimum Gasteiger partial charge on any atom is -0.464 e. The molecule has 1 aliphatic heterocycles. The first-order valence-corrected chi connectivity index (χ1v) is 5.67. The number of rotatable bonds is 3. The van der Waals surface area contributed by atoms with Crippen molar-refractivity contribution in [2.75, 3.05) is 13.2 Å². The minimum absolute atomic E-state index is 0.0379. The summed E-state index contributed by atoms with van der Waals surface area (Å²) < 4.78 is 5.27. The molecule has 2 atom stereocenters. The molecule has 14 heavy (non-hydrogen) atoms. The van der Waals surface area contributed by atoms with Gasteiger partial charge in [0, 0.05) is 0 Å². The molecule has 0 radical (unpaired) electrons. The summed E-state index contributed by atoms with van der Waals surface area (Å²) in [5.74, 6) is 1.05. The fraction of sp³-hybridized carbons (Fsp3) is 0.909. The first kappa shape index (κ1) is 9.97. The fourth-order valence-electron chi connectivity index (χ4n) is 1.94. The van der Waals surface area contributed by atoms with Crippen LogP contribution in [0.3, 0.4) is 0 Å². The first-order chi connectivity index (χ1) is 6.77. The molecule has 1 saturated heterocycles. The van der Waals surface area contributed by atoms with Crippen LogP contribution in [-0.4, -0.2) is 25.2 Å². The zero-order chi connectivity index (χ0) is 9.97. The van der Waals surface area contributed by atoms with Crippen molar-refractivity contribution in [1.82, 2.24) is 5.32 Å². The zero-order valence-corrected chi connectivity index (χ0v) is 8.79. The van der Waals surface area contributed by atoms with Crippen molar-refractivity contribution in [2.24, 2.45) is 11.8 Å². The van der Waals surface area contributed by atoms with Gasteiger partial charge < -0.3 is 10.1 Å². The highest BCUT2D eigenvalue weighted by atomic mass is 16.5.